The number of hydrogen-bond donors (Lipinski definition) is 1. The second-order valence-corrected chi connectivity index (χ2v) is 7.87. The Morgan fingerprint density at radius 2 is 1.80 bits per heavy atom. The summed E-state index contributed by atoms with van der Waals surface area (Å²) in [7, 11) is 0. The Bertz CT molecular complexity index is 1000. The van der Waals surface area contributed by atoms with Crippen LogP contribution in [0.4, 0.5) is 5.69 Å². The number of hydrogen-bond acceptors (Lipinski definition) is 4. The third-order valence-electron chi connectivity index (χ3n) is 4.77. The number of rotatable bonds is 4. The van der Waals surface area contributed by atoms with Gasteiger partial charge in [-0.25, -0.2) is 9.91 Å². The van der Waals surface area contributed by atoms with E-state index in [4.69, 9.17) is 11.6 Å². The molecule has 7 nitrogen and oxygen atoms in total. The molecule has 0 radical (unpaired) electrons. The Morgan fingerprint density at radius 1 is 1.13 bits per heavy atom. The highest BCUT2D eigenvalue weighted by atomic mass is 35.5. The standard InChI is InChI=1S/C22H22ClN3O4/c1-13(2)21(29)26(24-20(28)15-5-4-6-16(23)11-15)18-12-19(27)25(22(18)30)17-9-7-14(3)8-10-17/h4-11,13,18H,12H2,1-3H3,(H,24,28)/t18-/m1/s1. The van der Waals surface area contributed by atoms with Gasteiger partial charge in [-0.3, -0.25) is 24.6 Å². The zero-order chi connectivity index (χ0) is 22.0. The van der Waals surface area contributed by atoms with Gasteiger partial charge in [-0.2, -0.15) is 0 Å². The van der Waals surface area contributed by atoms with Gasteiger partial charge in [0.25, 0.3) is 11.8 Å². The van der Waals surface area contributed by atoms with Gasteiger partial charge >= 0.3 is 0 Å². The molecule has 0 spiro atoms. The molecule has 4 amide bonds. The normalized spacial score (nSPS) is 16.2. The van der Waals surface area contributed by atoms with Crippen LogP contribution in [0, 0.1) is 12.8 Å². The van der Waals surface area contributed by atoms with Gasteiger partial charge < -0.3 is 0 Å². The first kappa shape index (κ1) is 21.5. The highest BCUT2D eigenvalue weighted by molar-refractivity contribution is 6.31. The van der Waals surface area contributed by atoms with Gasteiger partial charge in [-0.15, -0.1) is 0 Å². The van der Waals surface area contributed by atoms with Crippen LogP contribution in [0.2, 0.25) is 5.02 Å². The monoisotopic (exact) mass is 427 g/mol. The number of imide groups is 1. The molecule has 30 heavy (non-hydrogen) atoms. The average Bonchev–Trinajstić information content (AvgIpc) is 3.00. The zero-order valence-electron chi connectivity index (χ0n) is 16.9. The van der Waals surface area contributed by atoms with E-state index in [2.05, 4.69) is 5.43 Å². The van der Waals surface area contributed by atoms with E-state index < -0.39 is 35.6 Å². The van der Waals surface area contributed by atoms with E-state index in [1.54, 1.807) is 56.3 Å². The Hall–Kier alpha value is -3.19. The van der Waals surface area contributed by atoms with Crippen LogP contribution >= 0.6 is 11.6 Å². The first-order valence-electron chi connectivity index (χ1n) is 9.52. The highest BCUT2D eigenvalue weighted by Gasteiger charge is 2.45. The number of nitrogens with zero attached hydrogens (tertiary/aromatic N) is 2. The number of aryl methyl sites for hydroxylation is 1. The van der Waals surface area contributed by atoms with Gasteiger partial charge in [0.05, 0.1) is 12.1 Å². The maximum atomic E-state index is 13.1. The highest BCUT2D eigenvalue weighted by Crippen LogP contribution is 2.26. The summed E-state index contributed by atoms with van der Waals surface area (Å²) in [5.74, 6) is -2.57. The summed E-state index contributed by atoms with van der Waals surface area (Å²) in [4.78, 5) is 52.2. The number of hydrazine groups is 1. The third-order valence-corrected chi connectivity index (χ3v) is 5.00. The van der Waals surface area contributed by atoms with Crippen LogP contribution in [0.5, 0.6) is 0 Å². The average molecular weight is 428 g/mol. The first-order valence-corrected chi connectivity index (χ1v) is 9.90. The molecule has 1 N–H and O–H groups in total. The molecule has 0 bridgehead atoms. The van der Waals surface area contributed by atoms with Gasteiger partial charge in [0.15, 0.2) is 0 Å². The summed E-state index contributed by atoms with van der Waals surface area (Å²) >= 11 is 5.94. The Kier molecular flexibility index (Phi) is 6.22. The third kappa shape index (κ3) is 4.36. The molecule has 3 rings (SSSR count). The van der Waals surface area contributed by atoms with Crippen molar-refractivity contribution in [2.24, 2.45) is 5.92 Å². The molecule has 1 aliphatic rings. The van der Waals surface area contributed by atoms with E-state index in [1.807, 2.05) is 6.92 Å². The molecule has 0 unspecified atom stereocenters. The van der Waals surface area contributed by atoms with Crippen LogP contribution in [0.3, 0.4) is 0 Å². The van der Waals surface area contributed by atoms with Crippen LogP contribution in [0.25, 0.3) is 0 Å². The van der Waals surface area contributed by atoms with Crippen molar-refractivity contribution in [3.63, 3.8) is 0 Å². The fourth-order valence-corrected chi connectivity index (χ4v) is 3.34. The summed E-state index contributed by atoms with van der Waals surface area (Å²) < 4.78 is 0. The van der Waals surface area contributed by atoms with Gasteiger partial charge in [-0.05, 0) is 37.3 Å². The van der Waals surface area contributed by atoms with Crippen molar-refractivity contribution in [2.75, 3.05) is 4.90 Å². The predicted molar refractivity (Wildman–Crippen MR) is 113 cm³/mol. The Morgan fingerprint density at radius 3 is 2.40 bits per heavy atom. The number of anilines is 1. The van der Waals surface area contributed by atoms with Gasteiger partial charge in [0.2, 0.25) is 11.8 Å². The fraction of sp³-hybridized carbons (Fsp3) is 0.273. The summed E-state index contributed by atoms with van der Waals surface area (Å²) in [6.45, 7) is 5.20. The minimum absolute atomic E-state index is 0.221. The van der Waals surface area contributed by atoms with E-state index in [0.29, 0.717) is 10.7 Å². The lowest BCUT2D eigenvalue weighted by Gasteiger charge is -2.29. The van der Waals surface area contributed by atoms with Crippen LogP contribution < -0.4 is 10.3 Å². The summed E-state index contributed by atoms with van der Waals surface area (Å²) in [6.07, 6.45) is -0.221. The molecular weight excluding hydrogens is 406 g/mol. The Balaban J connectivity index is 1.89. The largest absolute Gasteiger partial charge is 0.274 e. The van der Waals surface area contributed by atoms with Gasteiger partial charge in [0, 0.05) is 16.5 Å². The maximum Gasteiger partial charge on any atom is 0.269 e. The zero-order valence-corrected chi connectivity index (χ0v) is 17.6. The van der Waals surface area contributed by atoms with E-state index >= 15 is 0 Å². The molecule has 2 aromatic rings. The summed E-state index contributed by atoms with van der Waals surface area (Å²) in [5, 5.41) is 1.34. The van der Waals surface area contributed by atoms with E-state index in [1.165, 1.54) is 6.07 Å². The van der Waals surface area contributed by atoms with Gasteiger partial charge in [0.1, 0.15) is 6.04 Å². The van der Waals surface area contributed by atoms with Crippen LogP contribution in [-0.2, 0) is 14.4 Å². The lowest BCUT2D eigenvalue weighted by Crippen LogP contribution is -2.55. The molecule has 1 atom stereocenters. The molecule has 0 aliphatic carbocycles. The number of carbonyl (C=O) groups excluding carboxylic acids is 4. The number of amides is 4. The van der Waals surface area contributed by atoms with Crippen LogP contribution in [-0.4, -0.2) is 34.7 Å². The number of halogens is 1. The number of carbonyl (C=O) groups is 4. The second-order valence-electron chi connectivity index (χ2n) is 7.44. The van der Waals surface area contributed by atoms with E-state index in [-0.39, 0.29) is 12.0 Å². The molecule has 156 valence electrons. The summed E-state index contributed by atoms with van der Waals surface area (Å²) in [6, 6.07) is 12.0. The van der Waals surface area contributed by atoms with Crippen LogP contribution in [0.1, 0.15) is 36.2 Å². The lowest BCUT2D eigenvalue weighted by atomic mass is 10.1. The quantitative estimate of drug-likeness (QED) is 0.600. The minimum Gasteiger partial charge on any atom is -0.274 e. The summed E-state index contributed by atoms with van der Waals surface area (Å²) in [5.41, 5.74) is 4.15. The van der Waals surface area contributed by atoms with Crippen molar-refractivity contribution < 1.29 is 19.2 Å². The molecule has 2 aromatic carbocycles. The maximum absolute atomic E-state index is 13.1. The molecular formula is C22H22ClN3O4. The molecule has 1 fully saturated rings. The smallest absolute Gasteiger partial charge is 0.269 e. The molecule has 1 aliphatic heterocycles. The van der Waals surface area contributed by atoms with Crippen LogP contribution in [0.15, 0.2) is 48.5 Å². The topological polar surface area (TPSA) is 86.8 Å². The number of benzene rings is 2. The number of nitrogens with one attached hydrogen (secondary N) is 1. The van der Waals surface area contributed by atoms with Crippen molar-refractivity contribution in [1.29, 1.82) is 0 Å². The minimum atomic E-state index is -1.13. The second kappa shape index (κ2) is 8.67. The Labute approximate surface area is 179 Å². The molecule has 1 saturated heterocycles. The first-order chi connectivity index (χ1) is 14.2. The molecule has 0 aromatic heterocycles. The SMILES string of the molecule is Cc1ccc(N2C(=O)C[C@@H](N(NC(=O)c3cccc(Cl)c3)C(=O)C(C)C)C2=O)cc1. The van der Waals surface area contributed by atoms with Gasteiger partial charge in [-0.1, -0.05) is 49.2 Å². The fourth-order valence-electron chi connectivity index (χ4n) is 3.15. The van der Waals surface area contributed by atoms with Crippen molar-refractivity contribution in [2.45, 2.75) is 33.2 Å². The van der Waals surface area contributed by atoms with E-state index in [9.17, 15) is 19.2 Å². The molecule has 0 saturated carbocycles. The van der Waals surface area contributed by atoms with Crippen molar-refractivity contribution in [1.82, 2.24) is 10.4 Å². The molecule has 1 heterocycles. The van der Waals surface area contributed by atoms with Crippen molar-refractivity contribution in [3.8, 4) is 0 Å². The van der Waals surface area contributed by atoms with Crippen molar-refractivity contribution in [3.05, 3.63) is 64.7 Å². The van der Waals surface area contributed by atoms with E-state index in [0.717, 1.165) is 15.5 Å². The van der Waals surface area contributed by atoms with Crippen molar-refractivity contribution >= 4 is 40.9 Å². The molecule has 8 heteroatoms. The lowest BCUT2D eigenvalue weighted by molar-refractivity contribution is -0.143. The predicted octanol–water partition coefficient (Wildman–Crippen LogP) is 3.11.